The van der Waals surface area contributed by atoms with E-state index in [2.05, 4.69) is 15.0 Å². The zero-order valence-corrected chi connectivity index (χ0v) is 17.2. The first kappa shape index (κ1) is 21.6. The lowest BCUT2D eigenvalue weighted by molar-refractivity contribution is -0.113. The van der Waals surface area contributed by atoms with Crippen LogP contribution in [0.5, 0.6) is 11.6 Å². The second-order valence-corrected chi connectivity index (χ2v) is 7.50. The number of rotatable bonds is 8. The highest BCUT2D eigenvalue weighted by Crippen LogP contribution is 2.35. The van der Waals surface area contributed by atoms with Crippen molar-refractivity contribution in [2.24, 2.45) is 0 Å². The molecule has 1 aromatic carbocycles. The highest BCUT2D eigenvalue weighted by molar-refractivity contribution is 8.00. The van der Waals surface area contributed by atoms with Crippen molar-refractivity contribution in [2.75, 3.05) is 11.1 Å². The molecular weight excluding hydrogens is 412 g/mol. The number of nitrogens with one attached hydrogen (secondary N) is 1. The number of pyridine rings is 1. The third kappa shape index (κ3) is 5.29. The smallest absolute Gasteiger partial charge is 0.387 e. The Bertz CT molecular complexity index is 1010. The summed E-state index contributed by atoms with van der Waals surface area (Å²) >= 11 is 1.31. The number of hydrogen-bond acceptors (Lipinski definition) is 5. The van der Waals surface area contributed by atoms with Gasteiger partial charge in [0.05, 0.1) is 17.3 Å². The van der Waals surface area contributed by atoms with Crippen molar-refractivity contribution in [3.63, 3.8) is 0 Å². The monoisotopic (exact) mass is 433 g/mol. The van der Waals surface area contributed by atoms with Gasteiger partial charge in [0.2, 0.25) is 5.91 Å². The molecular formula is C21H21F2N3O3S. The average molecular weight is 433 g/mol. The van der Waals surface area contributed by atoms with E-state index in [0.717, 1.165) is 21.7 Å². The number of ether oxygens (including phenoxy) is 1. The number of nitrogens with zero attached hydrogens (tertiary/aromatic N) is 2. The normalized spacial score (nSPS) is 11.0. The third-order valence-electron chi connectivity index (χ3n) is 4.48. The lowest BCUT2D eigenvalue weighted by atomic mass is 10.2. The summed E-state index contributed by atoms with van der Waals surface area (Å²) in [6.07, 6.45) is 1.59. The van der Waals surface area contributed by atoms with Gasteiger partial charge in [-0.1, -0.05) is 30.0 Å². The minimum absolute atomic E-state index is 0.0682. The zero-order valence-electron chi connectivity index (χ0n) is 16.4. The maximum atomic E-state index is 12.3. The fourth-order valence-electron chi connectivity index (χ4n) is 2.87. The number of aromatic nitrogens is 2. The van der Waals surface area contributed by atoms with Crippen molar-refractivity contribution < 1.29 is 23.4 Å². The van der Waals surface area contributed by atoms with Crippen molar-refractivity contribution in [2.45, 2.75) is 32.0 Å². The molecule has 1 amide bonds. The maximum absolute atomic E-state index is 12.3. The molecule has 9 heteroatoms. The van der Waals surface area contributed by atoms with Crippen LogP contribution in [-0.2, 0) is 11.3 Å². The van der Waals surface area contributed by atoms with Crippen LogP contribution in [0.2, 0.25) is 0 Å². The Balaban J connectivity index is 1.72. The molecule has 0 unspecified atom stereocenters. The minimum atomic E-state index is -2.88. The third-order valence-corrected chi connectivity index (χ3v) is 5.69. The molecule has 158 valence electrons. The zero-order chi connectivity index (χ0) is 21.7. The van der Waals surface area contributed by atoms with Crippen LogP contribution < -0.4 is 10.1 Å². The van der Waals surface area contributed by atoms with E-state index in [1.165, 1.54) is 23.9 Å². The highest BCUT2D eigenvalue weighted by Gasteiger charge is 2.19. The predicted molar refractivity (Wildman–Crippen MR) is 111 cm³/mol. The molecule has 3 rings (SSSR count). The number of benzene rings is 1. The van der Waals surface area contributed by atoms with Gasteiger partial charge in [0.15, 0.2) is 5.88 Å². The highest BCUT2D eigenvalue weighted by atomic mass is 32.2. The summed E-state index contributed by atoms with van der Waals surface area (Å²) in [6, 6.07) is 11.5. The summed E-state index contributed by atoms with van der Waals surface area (Å²) in [6.45, 7) is 1.12. The van der Waals surface area contributed by atoms with E-state index >= 15 is 0 Å². The number of carbonyl (C=O) groups is 1. The Hall–Kier alpha value is -3.07. The molecule has 0 atom stereocenters. The van der Waals surface area contributed by atoms with Crippen LogP contribution in [0.4, 0.5) is 14.6 Å². The molecule has 0 aliphatic heterocycles. The van der Waals surface area contributed by atoms with Gasteiger partial charge in [-0.25, -0.2) is 4.98 Å². The molecule has 0 aliphatic carbocycles. The topological polar surface area (TPSA) is 76.4 Å². The first-order valence-electron chi connectivity index (χ1n) is 9.11. The summed E-state index contributed by atoms with van der Waals surface area (Å²) in [4.78, 5) is 16.3. The van der Waals surface area contributed by atoms with E-state index < -0.39 is 6.61 Å². The molecule has 2 heterocycles. The van der Waals surface area contributed by atoms with Crippen LogP contribution >= 0.6 is 11.8 Å². The number of thioether (sulfide) groups is 1. The van der Waals surface area contributed by atoms with Gasteiger partial charge in [-0.15, -0.1) is 0 Å². The van der Waals surface area contributed by atoms with Gasteiger partial charge in [0.25, 0.3) is 0 Å². The van der Waals surface area contributed by atoms with E-state index in [1.807, 2.05) is 6.92 Å². The van der Waals surface area contributed by atoms with Crippen LogP contribution in [0.25, 0.3) is 0 Å². The number of anilines is 1. The molecule has 0 saturated heterocycles. The number of alkyl halides is 2. The summed E-state index contributed by atoms with van der Waals surface area (Å²) in [7, 11) is 0. The summed E-state index contributed by atoms with van der Waals surface area (Å²) in [5, 5.41) is 14.0. The Morgan fingerprint density at radius 2 is 1.93 bits per heavy atom. The van der Waals surface area contributed by atoms with E-state index in [1.54, 1.807) is 48.0 Å². The molecule has 2 aromatic heterocycles. The number of carbonyl (C=O) groups excluding carboxylic acids is 1. The van der Waals surface area contributed by atoms with E-state index in [4.69, 9.17) is 0 Å². The van der Waals surface area contributed by atoms with Gasteiger partial charge in [0.1, 0.15) is 11.6 Å². The van der Waals surface area contributed by atoms with Crippen LogP contribution in [0, 0.1) is 13.8 Å². The van der Waals surface area contributed by atoms with Crippen LogP contribution in [0.1, 0.15) is 16.7 Å². The fourth-order valence-corrected chi connectivity index (χ4v) is 3.89. The number of hydrogen-bond donors (Lipinski definition) is 2. The Kier molecular flexibility index (Phi) is 6.94. The second kappa shape index (κ2) is 9.62. The van der Waals surface area contributed by atoms with Crippen molar-refractivity contribution in [1.29, 1.82) is 0 Å². The molecule has 0 saturated carbocycles. The molecule has 2 N–H and O–H groups in total. The predicted octanol–water partition coefficient (Wildman–Crippen LogP) is 4.59. The maximum Gasteiger partial charge on any atom is 0.387 e. The van der Waals surface area contributed by atoms with Crippen molar-refractivity contribution in [3.8, 4) is 11.6 Å². The van der Waals surface area contributed by atoms with Crippen molar-refractivity contribution >= 4 is 23.5 Å². The summed E-state index contributed by atoms with van der Waals surface area (Å²) in [5.74, 6) is 0.574. The second-order valence-electron chi connectivity index (χ2n) is 6.54. The van der Waals surface area contributed by atoms with Gasteiger partial charge in [-0.3, -0.25) is 4.79 Å². The molecule has 0 aliphatic rings. The van der Waals surface area contributed by atoms with E-state index in [0.29, 0.717) is 12.4 Å². The lowest BCUT2D eigenvalue weighted by Gasteiger charge is -2.12. The first-order valence-corrected chi connectivity index (χ1v) is 10.1. The molecule has 6 nitrogen and oxygen atoms in total. The van der Waals surface area contributed by atoms with Crippen molar-refractivity contribution in [3.05, 3.63) is 65.4 Å². The molecule has 0 bridgehead atoms. The molecule has 3 aromatic rings. The Morgan fingerprint density at radius 3 is 2.57 bits per heavy atom. The molecule has 0 spiro atoms. The Morgan fingerprint density at radius 1 is 1.20 bits per heavy atom. The van der Waals surface area contributed by atoms with Gasteiger partial charge >= 0.3 is 6.61 Å². The van der Waals surface area contributed by atoms with Gasteiger partial charge < -0.3 is 19.7 Å². The quantitative estimate of drug-likeness (QED) is 0.509. The standard InChI is InChI=1S/C21H21F2N3O3S/c1-13-14(2)20(30-12-18(27)25-17-5-3-4-10-24-17)26(19(13)28)11-15-6-8-16(9-7-15)29-21(22)23/h3-10,21,28H,11-12H2,1-2H3,(H,24,25,27). The first-order chi connectivity index (χ1) is 14.3. The van der Waals surface area contributed by atoms with E-state index in [-0.39, 0.29) is 23.3 Å². The number of aromatic hydroxyl groups is 1. The number of halogens is 2. The SMILES string of the molecule is Cc1c(C)c(SCC(=O)Nc2ccccn2)n(Cc2ccc(OC(F)F)cc2)c1O. The fraction of sp³-hybridized carbons (Fsp3) is 0.238. The summed E-state index contributed by atoms with van der Waals surface area (Å²) in [5.41, 5.74) is 2.39. The largest absolute Gasteiger partial charge is 0.494 e. The molecule has 30 heavy (non-hydrogen) atoms. The Labute approximate surface area is 176 Å². The molecule has 0 radical (unpaired) electrons. The van der Waals surface area contributed by atoms with Gasteiger partial charge in [0, 0.05) is 11.8 Å². The van der Waals surface area contributed by atoms with Gasteiger partial charge in [-0.2, -0.15) is 8.78 Å². The molecule has 0 fully saturated rings. The minimum Gasteiger partial charge on any atom is -0.494 e. The lowest BCUT2D eigenvalue weighted by Crippen LogP contribution is -2.15. The van der Waals surface area contributed by atoms with Crippen LogP contribution in [0.3, 0.4) is 0 Å². The van der Waals surface area contributed by atoms with Crippen LogP contribution in [-0.4, -0.2) is 32.9 Å². The van der Waals surface area contributed by atoms with E-state index in [9.17, 15) is 18.7 Å². The number of amides is 1. The van der Waals surface area contributed by atoms with Gasteiger partial charge in [-0.05, 0) is 49.2 Å². The summed E-state index contributed by atoms with van der Waals surface area (Å²) < 4.78 is 30.7. The average Bonchev–Trinajstić information content (AvgIpc) is 2.92. The van der Waals surface area contributed by atoms with Crippen molar-refractivity contribution in [1.82, 2.24) is 9.55 Å². The van der Waals surface area contributed by atoms with Crippen LogP contribution in [0.15, 0.2) is 53.7 Å².